The maximum atomic E-state index is 7.38. The average molecular weight is 273 g/mol. The van der Waals surface area contributed by atoms with Gasteiger partial charge in [0.2, 0.25) is 0 Å². The second-order valence-electron chi connectivity index (χ2n) is 5.80. The number of nitrogens with two attached hydrogens (primary N) is 1. The summed E-state index contributed by atoms with van der Waals surface area (Å²) in [4.78, 5) is 9.31. The van der Waals surface area contributed by atoms with E-state index in [-0.39, 0.29) is 5.84 Å². The van der Waals surface area contributed by atoms with Gasteiger partial charge in [0.05, 0.1) is 11.9 Å². The maximum Gasteiger partial charge on any atom is 0.141 e. The molecular formula is C15H23N5. The smallest absolute Gasteiger partial charge is 0.141 e. The quantitative estimate of drug-likeness (QED) is 0.646. The van der Waals surface area contributed by atoms with Gasteiger partial charge in [0.25, 0.3) is 0 Å². The Kier molecular flexibility index (Phi) is 3.87. The normalized spacial score (nSPS) is 24.0. The molecule has 1 aromatic heterocycles. The Morgan fingerprint density at radius 1 is 1.20 bits per heavy atom. The van der Waals surface area contributed by atoms with Crippen LogP contribution in [0.3, 0.4) is 0 Å². The van der Waals surface area contributed by atoms with Crippen LogP contribution < -0.4 is 10.6 Å². The van der Waals surface area contributed by atoms with E-state index in [4.69, 9.17) is 11.1 Å². The Balaban J connectivity index is 1.62. The number of aromatic nitrogens is 1. The van der Waals surface area contributed by atoms with Crippen LogP contribution in [0.2, 0.25) is 0 Å². The number of likely N-dealkylation sites (tertiary alicyclic amines) is 1. The zero-order valence-corrected chi connectivity index (χ0v) is 11.9. The number of piperidine rings is 1. The molecule has 0 amide bonds. The van der Waals surface area contributed by atoms with Crippen molar-refractivity contribution in [2.75, 3.05) is 31.1 Å². The van der Waals surface area contributed by atoms with Gasteiger partial charge in [-0.25, -0.2) is 0 Å². The first kappa shape index (κ1) is 13.4. The van der Waals surface area contributed by atoms with Crippen LogP contribution in [0, 0.1) is 5.41 Å². The fourth-order valence-corrected chi connectivity index (χ4v) is 3.29. The molecule has 1 aromatic rings. The van der Waals surface area contributed by atoms with Gasteiger partial charge in [-0.3, -0.25) is 15.3 Å². The van der Waals surface area contributed by atoms with Crippen LogP contribution in [-0.4, -0.2) is 47.9 Å². The Labute approximate surface area is 120 Å². The Morgan fingerprint density at radius 3 is 2.65 bits per heavy atom. The molecule has 2 aliphatic rings. The summed E-state index contributed by atoms with van der Waals surface area (Å²) in [5.74, 6) is 0.0316. The molecule has 0 aromatic carbocycles. The van der Waals surface area contributed by atoms with Crippen LogP contribution in [-0.2, 0) is 0 Å². The minimum atomic E-state index is 0.0316. The molecule has 2 aliphatic heterocycles. The number of rotatable bonds is 3. The highest BCUT2D eigenvalue weighted by molar-refractivity contribution is 5.93. The van der Waals surface area contributed by atoms with Crippen molar-refractivity contribution in [1.82, 2.24) is 9.88 Å². The van der Waals surface area contributed by atoms with E-state index in [0.29, 0.717) is 11.7 Å². The lowest BCUT2D eigenvalue weighted by Gasteiger charge is -2.32. The van der Waals surface area contributed by atoms with Gasteiger partial charge in [0.15, 0.2) is 0 Å². The topological polar surface area (TPSA) is 69.2 Å². The maximum absolute atomic E-state index is 7.38. The van der Waals surface area contributed by atoms with E-state index in [1.54, 1.807) is 0 Å². The fraction of sp³-hybridized carbons (Fsp3) is 0.600. The molecule has 5 nitrogen and oxygen atoms in total. The summed E-state index contributed by atoms with van der Waals surface area (Å²) in [6, 6.07) is 4.57. The number of nitrogens with zero attached hydrogens (tertiary/aromatic N) is 3. The number of pyridine rings is 1. The lowest BCUT2D eigenvalue weighted by molar-refractivity contribution is 0.175. The number of anilines is 1. The Hall–Kier alpha value is -1.62. The first-order valence-corrected chi connectivity index (χ1v) is 7.53. The molecule has 3 N–H and O–H groups in total. The molecule has 3 rings (SSSR count). The number of nitrogens with one attached hydrogen (secondary N) is 1. The van der Waals surface area contributed by atoms with Gasteiger partial charge in [-0.2, -0.15) is 0 Å². The van der Waals surface area contributed by atoms with Gasteiger partial charge < -0.3 is 10.6 Å². The van der Waals surface area contributed by atoms with Gasteiger partial charge in [0, 0.05) is 19.1 Å². The molecule has 2 saturated heterocycles. The van der Waals surface area contributed by atoms with Gasteiger partial charge in [-0.1, -0.05) is 6.42 Å². The van der Waals surface area contributed by atoms with Crippen LogP contribution in [0.4, 0.5) is 5.69 Å². The van der Waals surface area contributed by atoms with Gasteiger partial charge >= 0.3 is 0 Å². The number of hydrogen-bond donors (Lipinski definition) is 2. The van der Waals surface area contributed by atoms with Crippen molar-refractivity contribution < 1.29 is 0 Å². The Morgan fingerprint density at radius 2 is 2.00 bits per heavy atom. The van der Waals surface area contributed by atoms with Crippen molar-refractivity contribution in [2.45, 2.75) is 31.7 Å². The molecule has 0 saturated carbocycles. The van der Waals surface area contributed by atoms with E-state index in [0.717, 1.165) is 18.8 Å². The van der Waals surface area contributed by atoms with Crippen LogP contribution in [0.5, 0.6) is 0 Å². The highest BCUT2D eigenvalue weighted by atomic mass is 15.3. The molecular weight excluding hydrogens is 250 g/mol. The van der Waals surface area contributed by atoms with E-state index < -0.39 is 0 Å². The third kappa shape index (κ3) is 2.77. The van der Waals surface area contributed by atoms with Crippen LogP contribution >= 0.6 is 0 Å². The fourth-order valence-electron chi connectivity index (χ4n) is 3.29. The lowest BCUT2D eigenvalue weighted by Crippen LogP contribution is -2.40. The summed E-state index contributed by atoms with van der Waals surface area (Å²) in [5, 5.41) is 7.38. The number of hydrogen-bond acceptors (Lipinski definition) is 4. The van der Waals surface area contributed by atoms with E-state index in [9.17, 15) is 0 Å². The summed E-state index contributed by atoms with van der Waals surface area (Å²) >= 11 is 0. The van der Waals surface area contributed by atoms with Crippen LogP contribution in [0.15, 0.2) is 18.3 Å². The zero-order chi connectivity index (χ0) is 13.9. The third-order valence-electron chi connectivity index (χ3n) is 4.46. The second-order valence-corrected chi connectivity index (χ2v) is 5.80. The highest BCUT2D eigenvalue weighted by Gasteiger charge is 2.28. The largest absolute Gasteiger partial charge is 0.382 e. The first-order chi connectivity index (χ1) is 9.74. The summed E-state index contributed by atoms with van der Waals surface area (Å²) in [6.45, 7) is 4.73. The number of nitrogen functional groups attached to an aromatic ring is 1. The average Bonchev–Trinajstić information content (AvgIpc) is 2.98. The highest BCUT2D eigenvalue weighted by Crippen LogP contribution is 2.24. The lowest BCUT2D eigenvalue weighted by atomic mass is 10.1. The monoisotopic (exact) mass is 273 g/mol. The minimum absolute atomic E-state index is 0.0316. The number of amidine groups is 1. The molecule has 0 radical (unpaired) electrons. The van der Waals surface area contributed by atoms with Crippen molar-refractivity contribution in [1.29, 1.82) is 5.41 Å². The molecule has 108 valence electrons. The molecule has 1 atom stereocenters. The third-order valence-corrected chi connectivity index (χ3v) is 4.46. The van der Waals surface area contributed by atoms with Gasteiger partial charge in [0.1, 0.15) is 11.5 Å². The van der Waals surface area contributed by atoms with E-state index in [1.807, 2.05) is 18.3 Å². The first-order valence-electron chi connectivity index (χ1n) is 7.53. The predicted molar refractivity (Wildman–Crippen MR) is 81.3 cm³/mol. The summed E-state index contributed by atoms with van der Waals surface area (Å²) < 4.78 is 0. The summed E-state index contributed by atoms with van der Waals surface area (Å²) in [5.41, 5.74) is 7.14. The Bertz CT molecular complexity index is 464. The predicted octanol–water partition coefficient (Wildman–Crippen LogP) is 1.43. The second kappa shape index (κ2) is 5.79. The van der Waals surface area contributed by atoms with Gasteiger partial charge in [-0.15, -0.1) is 0 Å². The van der Waals surface area contributed by atoms with Crippen molar-refractivity contribution in [3.63, 3.8) is 0 Å². The van der Waals surface area contributed by atoms with Crippen molar-refractivity contribution >= 4 is 11.5 Å². The molecule has 1 unspecified atom stereocenters. The summed E-state index contributed by atoms with van der Waals surface area (Å²) in [6.07, 6.45) is 7.18. The van der Waals surface area contributed by atoms with E-state index in [2.05, 4.69) is 14.8 Å². The van der Waals surface area contributed by atoms with Crippen LogP contribution in [0.1, 0.15) is 31.4 Å². The van der Waals surface area contributed by atoms with Crippen molar-refractivity contribution in [2.24, 2.45) is 5.73 Å². The molecule has 2 fully saturated rings. The van der Waals surface area contributed by atoms with E-state index >= 15 is 0 Å². The van der Waals surface area contributed by atoms with Gasteiger partial charge in [-0.05, 0) is 44.5 Å². The standard InChI is InChI=1S/C15H23N5/c16-15(17)14-5-4-12(10-18-14)20-9-6-13(11-20)19-7-2-1-3-8-19/h4-5,10,13H,1-3,6-9,11H2,(H3,16,17). The van der Waals surface area contributed by atoms with E-state index in [1.165, 1.54) is 38.8 Å². The minimum Gasteiger partial charge on any atom is -0.382 e. The molecule has 3 heterocycles. The van der Waals surface area contributed by atoms with Crippen LogP contribution in [0.25, 0.3) is 0 Å². The van der Waals surface area contributed by atoms with Crippen molar-refractivity contribution in [3.05, 3.63) is 24.0 Å². The molecule has 5 heteroatoms. The summed E-state index contributed by atoms with van der Waals surface area (Å²) in [7, 11) is 0. The molecule has 0 spiro atoms. The molecule has 20 heavy (non-hydrogen) atoms. The zero-order valence-electron chi connectivity index (χ0n) is 11.9. The molecule has 0 aliphatic carbocycles. The molecule has 0 bridgehead atoms. The van der Waals surface area contributed by atoms with Crippen molar-refractivity contribution in [3.8, 4) is 0 Å². The SMILES string of the molecule is N=C(N)c1ccc(N2CCC(N3CCCCC3)C2)cn1.